The molecule has 0 bridgehead atoms. The number of amides is 2. The van der Waals surface area contributed by atoms with Crippen LogP contribution in [-0.4, -0.2) is 96.5 Å². The van der Waals surface area contributed by atoms with Gasteiger partial charge in [0.25, 0.3) is 0 Å². The highest BCUT2D eigenvalue weighted by Crippen LogP contribution is 2.37. The van der Waals surface area contributed by atoms with Crippen molar-refractivity contribution in [3.8, 4) is 0 Å². The number of carbonyl (C=O) groups is 4. The molecule has 4 N–H and O–H groups in total. The highest BCUT2D eigenvalue weighted by Gasteiger charge is 2.47. The van der Waals surface area contributed by atoms with Crippen LogP contribution in [0.2, 0.25) is 0 Å². The molecule has 2 aromatic rings. The van der Waals surface area contributed by atoms with Crippen molar-refractivity contribution in [3.63, 3.8) is 0 Å². The summed E-state index contributed by atoms with van der Waals surface area (Å²) in [7, 11) is 0. The first kappa shape index (κ1) is 32.7. The van der Waals surface area contributed by atoms with Crippen molar-refractivity contribution >= 4 is 24.1 Å². The minimum Gasteiger partial charge on any atom is -0.473 e. The minimum atomic E-state index is -1.82. The average Bonchev–Trinajstić information content (AvgIpc) is 3.02. The van der Waals surface area contributed by atoms with Gasteiger partial charge in [0.15, 0.2) is 0 Å². The van der Waals surface area contributed by atoms with Gasteiger partial charge in [-0.05, 0) is 49.9 Å². The van der Waals surface area contributed by atoms with Crippen LogP contribution in [0.15, 0.2) is 60.7 Å². The number of aliphatic carboxylic acids is 2. The standard InChI is InChI=1S/2C15H20N2O2.C2H2O4/c2*18-14(19-9-13-5-2-1-3-6-13)17-11-15(12-17)7-4-8-16-10-15;3-1(4)2(5)6/h2*1-3,5-6,16H,4,7-12H2;(H,3,4)(H,5,6). The van der Waals surface area contributed by atoms with E-state index < -0.39 is 11.9 Å². The number of rotatable bonds is 4. The summed E-state index contributed by atoms with van der Waals surface area (Å²) in [6.45, 7) is 8.39. The molecule has 0 aromatic heterocycles. The first-order chi connectivity index (χ1) is 21.2. The number of ether oxygens (including phenoxy) is 2. The van der Waals surface area contributed by atoms with E-state index in [0.717, 1.165) is 63.5 Å². The molecule has 0 aliphatic carbocycles. The van der Waals surface area contributed by atoms with Crippen LogP contribution in [0.1, 0.15) is 36.8 Å². The van der Waals surface area contributed by atoms with Crippen LogP contribution in [0, 0.1) is 10.8 Å². The molecular formula is C32H42N4O8. The molecule has 6 rings (SSSR count). The summed E-state index contributed by atoms with van der Waals surface area (Å²) < 4.78 is 10.7. The normalized spacial score (nSPS) is 19.1. The monoisotopic (exact) mass is 610 g/mol. The summed E-state index contributed by atoms with van der Waals surface area (Å²) >= 11 is 0. The van der Waals surface area contributed by atoms with Gasteiger partial charge >= 0.3 is 24.1 Å². The smallest absolute Gasteiger partial charge is 0.414 e. The summed E-state index contributed by atoms with van der Waals surface area (Å²) in [4.78, 5) is 45.6. The Morgan fingerprint density at radius 2 is 1.00 bits per heavy atom. The second-order valence-electron chi connectivity index (χ2n) is 12.0. The molecule has 4 fully saturated rings. The van der Waals surface area contributed by atoms with Gasteiger partial charge in [0.1, 0.15) is 13.2 Å². The zero-order valence-corrected chi connectivity index (χ0v) is 24.9. The fourth-order valence-corrected chi connectivity index (χ4v) is 6.01. The van der Waals surface area contributed by atoms with E-state index in [2.05, 4.69) is 10.6 Å². The van der Waals surface area contributed by atoms with Crippen molar-refractivity contribution in [1.29, 1.82) is 0 Å². The van der Waals surface area contributed by atoms with Crippen molar-refractivity contribution in [2.75, 3.05) is 52.4 Å². The van der Waals surface area contributed by atoms with Crippen LogP contribution in [0.3, 0.4) is 0 Å². The van der Waals surface area contributed by atoms with Crippen molar-refractivity contribution in [3.05, 3.63) is 71.8 Å². The lowest BCUT2D eigenvalue weighted by atomic mass is 9.74. The molecule has 12 heteroatoms. The number of hydrogen-bond acceptors (Lipinski definition) is 8. The molecular weight excluding hydrogens is 568 g/mol. The lowest BCUT2D eigenvalue weighted by Crippen LogP contribution is -2.63. The van der Waals surface area contributed by atoms with Gasteiger partial charge in [0.2, 0.25) is 0 Å². The largest absolute Gasteiger partial charge is 0.473 e. The fourth-order valence-electron chi connectivity index (χ4n) is 6.01. The van der Waals surface area contributed by atoms with Gasteiger partial charge in [-0.3, -0.25) is 0 Å². The van der Waals surface area contributed by atoms with Gasteiger partial charge in [-0.15, -0.1) is 0 Å². The molecule has 12 nitrogen and oxygen atoms in total. The minimum absolute atomic E-state index is 0.181. The van der Waals surface area contributed by atoms with E-state index >= 15 is 0 Å². The van der Waals surface area contributed by atoms with Crippen LogP contribution in [0.4, 0.5) is 9.59 Å². The van der Waals surface area contributed by atoms with Crippen LogP contribution in [0.5, 0.6) is 0 Å². The molecule has 0 saturated carbocycles. The van der Waals surface area contributed by atoms with Crippen molar-refractivity contribution < 1.29 is 38.9 Å². The first-order valence-corrected chi connectivity index (χ1v) is 15.0. The van der Waals surface area contributed by atoms with Gasteiger partial charge in [-0.2, -0.15) is 0 Å². The third kappa shape index (κ3) is 9.42. The third-order valence-corrected chi connectivity index (χ3v) is 8.34. The van der Waals surface area contributed by atoms with E-state index in [4.69, 9.17) is 29.3 Å². The van der Waals surface area contributed by atoms with Gasteiger partial charge in [0.05, 0.1) is 0 Å². The number of carboxylic acid groups (broad SMARTS) is 2. The molecule has 4 aliphatic heterocycles. The average molecular weight is 611 g/mol. The molecule has 238 valence electrons. The number of nitrogens with one attached hydrogen (secondary N) is 2. The van der Waals surface area contributed by atoms with Gasteiger partial charge in [-0.1, -0.05) is 60.7 Å². The maximum Gasteiger partial charge on any atom is 0.414 e. The predicted octanol–water partition coefficient (Wildman–Crippen LogP) is 3.17. The van der Waals surface area contributed by atoms with Gasteiger partial charge in [0, 0.05) is 50.1 Å². The van der Waals surface area contributed by atoms with E-state index in [9.17, 15) is 9.59 Å². The SMILES string of the molecule is O=C(O)C(=O)O.O=C(OCc1ccccc1)N1CC2(CCCNC2)C1.O=C(OCc1ccccc1)N1CC2(CCCNC2)C1. The molecule has 0 radical (unpaired) electrons. The Hall–Kier alpha value is -4.16. The quantitative estimate of drug-likeness (QED) is 0.379. The lowest BCUT2D eigenvalue weighted by Gasteiger charge is -2.51. The number of benzene rings is 2. The molecule has 4 saturated heterocycles. The maximum atomic E-state index is 11.9. The number of likely N-dealkylation sites (tertiary alicyclic amines) is 2. The summed E-state index contributed by atoms with van der Waals surface area (Å²) in [5.41, 5.74) is 2.71. The molecule has 2 aromatic carbocycles. The number of hydrogen-bond donors (Lipinski definition) is 4. The Morgan fingerprint density at radius 1 is 0.636 bits per heavy atom. The Morgan fingerprint density at radius 3 is 1.30 bits per heavy atom. The third-order valence-electron chi connectivity index (χ3n) is 8.34. The highest BCUT2D eigenvalue weighted by molar-refractivity contribution is 6.27. The molecule has 0 unspecified atom stereocenters. The number of piperidine rings is 2. The summed E-state index contributed by atoms with van der Waals surface area (Å²) in [6, 6.07) is 19.6. The number of carboxylic acids is 2. The van der Waals surface area contributed by atoms with E-state index in [-0.39, 0.29) is 12.2 Å². The first-order valence-electron chi connectivity index (χ1n) is 15.0. The van der Waals surface area contributed by atoms with Crippen molar-refractivity contribution in [1.82, 2.24) is 20.4 Å². The predicted molar refractivity (Wildman–Crippen MR) is 161 cm³/mol. The van der Waals surface area contributed by atoms with Crippen LogP contribution in [0.25, 0.3) is 0 Å². The van der Waals surface area contributed by atoms with Gasteiger partial charge in [-0.25, -0.2) is 19.2 Å². The molecule has 2 spiro atoms. The molecule has 44 heavy (non-hydrogen) atoms. The van der Waals surface area contributed by atoms with E-state index in [1.807, 2.05) is 70.5 Å². The van der Waals surface area contributed by atoms with E-state index in [0.29, 0.717) is 24.0 Å². The van der Waals surface area contributed by atoms with Crippen molar-refractivity contribution in [2.24, 2.45) is 10.8 Å². The topological polar surface area (TPSA) is 158 Å². The second kappa shape index (κ2) is 15.5. The Kier molecular flexibility index (Phi) is 11.6. The number of nitrogens with zero attached hydrogens (tertiary/aromatic N) is 2. The van der Waals surface area contributed by atoms with E-state index in [1.54, 1.807) is 0 Å². The fraction of sp³-hybridized carbons (Fsp3) is 0.500. The van der Waals surface area contributed by atoms with Crippen LogP contribution >= 0.6 is 0 Å². The summed E-state index contributed by atoms with van der Waals surface area (Å²) in [6.07, 6.45) is 4.52. The van der Waals surface area contributed by atoms with Crippen molar-refractivity contribution in [2.45, 2.75) is 38.9 Å². The molecule has 0 atom stereocenters. The Bertz CT molecular complexity index is 1130. The zero-order chi connectivity index (χ0) is 31.4. The summed E-state index contributed by atoms with van der Waals surface area (Å²) in [5.74, 6) is -3.65. The van der Waals surface area contributed by atoms with Crippen LogP contribution in [-0.2, 0) is 32.3 Å². The molecule has 4 aliphatic rings. The van der Waals surface area contributed by atoms with E-state index in [1.165, 1.54) is 25.7 Å². The van der Waals surface area contributed by atoms with Gasteiger partial charge < -0.3 is 40.1 Å². The van der Waals surface area contributed by atoms with Crippen LogP contribution < -0.4 is 10.6 Å². The number of carbonyl (C=O) groups excluding carboxylic acids is 2. The maximum absolute atomic E-state index is 11.9. The highest BCUT2D eigenvalue weighted by atomic mass is 16.6. The lowest BCUT2D eigenvalue weighted by molar-refractivity contribution is -0.159. The Balaban J connectivity index is 0.000000170. The summed E-state index contributed by atoms with van der Waals surface area (Å²) in [5, 5.41) is 21.6. The zero-order valence-electron chi connectivity index (χ0n) is 24.9. The molecule has 2 amide bonds. The molecule has 4 heterocycles. The second-order valence-corrected chi connectivity index (χ2v) is 12.0. The Labute approximate surface area is 257 Å².